The fraction of sp³-hybridized carbons (Fsp3) is 0.900. The Morgan fingerprint density at radius 2 is 1.58 bits per heavy atom. The molecule has 1 amide bonds. The Bertz CT molecular complexity index is 413. The summed E-state index contributed by atoms with van der Waals surface area (Å²) in [5.41, 5.74) is 5.59. The number of amides is 1. The number of hydrogen-bond acceptors (Lipinski definition) is 4. The predicted octanol–water partition coefficient (Wildman–Crippen LogP) is -0.871. The van der Waals surface area contributed by atoms with Gasteiger partial charge < -0.3 is 10.6 Å². The molecule has 19 heavy (non-hydrogen) atoms. The molecule has 1 atom stereocenters. The van der Waals surface area contributed by atoms with E-state index in [9.17, 15) is 13.2 Å². The van der Waals surface area contributed by atoms with E-state index in [4.69, 9.17) is 10.9 Å². The maximum atomic E-state index is 12.1. The summed E-state index contributed by atoms with van der Waals surface area (Å²) < 4.78 is 23.4. The largest absolute Gasteiger partial charge is 0.339 e. The number of nitrogens with zero attached hydrogens (tertiary/aromatic N) is 2. The van der Waals surface area contributed by atoms with Crippen LogP contribution >= 0.6 is 12.4 Å². The smallest absolute Gasteiger partial charge is 0.277 e. The second-order valence-electron chi connectivity index (χ2n) is 5.61. The van der Waals surface area contributed by atoms with Gasteiger partial charge in [-0.3, -0.25) is 4.79 Å². The summed E-state index contributed by atoms with van der Waals surface area (Å²) >= 11 is 0. The second kappa shape index (κ2) is 6.36. The summed E-state index contributed by atoms with van der Waals surface area (Å²) in [4.78, 5) is 13.7. The summed E-state index contributed by atoms with van der Waals surface area (Å²) in [6, 6.07) is -0.585. The van der Waals surface area contributed by atoms with Crippen molar-refractivity contribution in [3.63, 3.8) is 0 Å². The summed E-state index contributed by atoms with van der Waals surface area (Å²) in [6.45, 7) is 6.81. The molecule has 0 aliphatic carbocycles. The van der Waals surface area contributed by atoms with Crippen LogP contribution in [0.4, 0.5) is 0 Å². The van der Waals surface area contributed by atoms with E-state index in [1.807, 2.05) is 20.8 Å². The first-order valence-electron chi connectivity index (χ1n) is 5.85. The van der Waals surface area contributed by atoms with E-state index in [0.717, 1.165) is 0 Å². The molecule has 0 saturated carbocycles. The SMILES string of the molecule is CC(C)(C)[C@H](N)C(=O)N1CCN(S(N)(=O)=O)CC1.Cl. The van der Waals surface area contributed by atoms with Crippen molar-refractivity contribution >= 4 is 28.5 Å². The summed E-state index contributed by atoms with van der Waals surface area (Å²) in [7, 11) is -3.66. The van der Waals surface area contributed by atoms with Crippen LogP contribution in [0.1, 0.15) is 20.8 Å². The lowest BCUT2D eigenvalue weighted by atomic mass is 9.86. The molecule has 0 aromatic rings. The van der Waals surface area contributed by atoms with E-state index in [-0.39, 0.29) is 36.8 Å². The molecular weight excluding hydrogens is 292 g/mol. The van der Waals surface area contributed by atoms with Gasteiger partial charge in [-0.25, -0.2) is 5.14 Å². The zero-order valence-corrected chi connectivity index (χ0v) is 13.1. The predicted molar refractivity (Wildman–Crippen MR) is 75.9 cm³/mol. The third kappa shape index (κ3) is 4.88. The molecule has 9 heteroatoms. The Morgan fingerprint density at radius 1 is 1.16 bits per heavy atom. The molecule has 0 spiro atoms. The van der Waals surface area contributed by atoms with Gasteiger partial charge in [0.05, 0.1) is 6.04 Å². The Labute approximate surface area is 120 Å². The highest BCUT2D eigenvalue weighted by Gasteiger charge is 2.33. The average molecular weight is 315 g/mol. The molecule has 1 fully saturated rings. The first-order valence-corrected chi connectivity index (χ1v) is 7.36. The zero-order chi connectivity index (χ0) is 14.1. The van der Waals surface area contributed by atoms with Gasteiger partial charge in [-0.15, -0.1) is 12.4 Å². The monoisotopic (exact) mass is 314 g/mol. The quantitative estimate of drug-likeness (QED) is 0.690. The van der Waals surface area contributed by atoms with Crippen molar-refractivity contribution in [3.8, 4) is 0 Å². The van der Waals surface area contributed by atoms with Crippen molar-refractivity contribution in [3.05, 3.63) is 0 Å². The number of halogens is 1. The van der Waals surface area contributed by atoms with E-state index in [1.165, 1.54) is 4.31 Å². The summed E-state index contributed by atoms with van der Waals surface area (Å²) in [6.07, 6.45) is 0. The number of piperazine rings is 1. The lowest BCUT2D eigenvalue weighted by Gasteiger charge is -2.37. The van der Waals surface area contributed by atoms with Crippen molar-refractivity contribution in [1.82, 2.24) is 9.21 Å². The molecule has 4 N–H and O–H groups in total. The van der Waals surface area contributed by atoms with Crippen molar-refractivity contribution in [1.29, 1.82) is 0 Å². The molecule has 0 unspecified atom stereocenters. The molecule has 1 saturated heterocycles. The van der Waals surface area contributed by atoms with Gasteiger partial charge in [-0.05, 0) is 5.41 Å². The highest BCUT2D eigenvalue weighted by atomic mass is 35.5. The number of hydrogen-bond donors (Lipinski definition) is 2. The molecule has 1 heterocycles. The highest BCUT2D eigenvalue weighted by molar-refractivity contribution is 7.86. The fourth-order valence-corrected chi connectivity index (χ4v) is 2.40. The average Bonchev–Trinajstić information content (AvgIpc) is 2.25. The Balaban J connectivity index is 0.00000324. The molecular formula is C10H23ClN4O3S. The van der Waals surface area contributed by atoms with Crippen LogP contribution in [0.3, 0.4) is 0 Å². The van der Waals surface area contributed by atoms with Gasteiger partial charge >= 0.3 is 0 Å². The lowest BCUT2D eigenvalue weighted by molar-refractivity contribution is -0.136. The van der Waals surface area contributed by atoms with E-state index >= 15 is 0 Å². The van der Waals surface area contributed by atoms with Crippen molar-refractivity contribution in [2.75, 3.05) is 26.2 Å². The van der Waals surface area contributed by atoms with Gasteiger partial charge in [0.1, 0.15) is 0 Å². The number of nitrogens with two attached hydrogens (primary N) is 2. The first kappa shape index (κ1) is 18.6. The Kier molecular flexibility index (Phi) is 6.22. The zero-order valence-electron chi connectivity index (χ0n) is 11.5. The molecule has 0 aromatic carbocycles. The summed E-state index contributed by atoms with van der Waals surface area (Å²) in [5.74, 6) is -0.142. The van der Waals surface area contributed by atoms with Crippen LogP contribution in [-0.2, 0) is 15.0 Å². The van der Waals surface area contributed by atoms with Crippen molar-refractivity contribution < 1.29 is 13.2 Å². The van der Waals surface area contributed by atoms with E-state index in [2.05, 4.69) is 0 Å². The Hall–Kier alpha value is -0.410. The van der Waals surface area contributed by atoms with Gasteiger partial charge in [0.2, 0.25) is 5.91 Å². The molecule has 114 valence electrons. The number of carbonyl (C=O) groups excluding carboxylic acids is 1. The van der Waals surface area contributed by atoms with Gasteiger partial charge in [0.15, 0.2) is 0 Å². The number of carbonyl (C=O) groups is 1. The van der Waals surface area contributed by atoms with Gasteiger partial charge in [0.25, 0.3) is 10.2 Å². The van der Waals surface area contributed by atoms with Crippen molar-refractivity contribution in [2.45, 2.75) is 26.8 Å². The first-order chi connectivity index (χ1) is 8.03. The van der Waals surface area contributed by atoms with Crippen LogP contribution in [0.2, 0.25) is 0 Å². The van der Waals surface area contributed by atoms with E-state index < -0.39 is 16.3 Å². The maximum Gasteiger partial charge on any atom is 0.277 e. The molecule has 0 radical (unpaired) electrons. The second-order valence-corrected chi connectivity index (χ2v) is 7.16. The molecule has 1 aliphatic rings. The number of rotatable bonds is 2. The van der Waals surface area contributed by atoms with Gasteiger partial charge in [-0.2, -0.15) is 12.7 Å². The van der Waals surface area contributed by atoms with E-state index in [0.29, 0.717) is 13.1 Å². The highest BCUT2D eigenvalue weighted by Crippen LogP contribution is 2.19. The topological polar surface area (TPSA) is 110 Å². The van der Waals surface area contributed by atoms with Crippen LogP contribution in [0.5, 0.6) is 0 Å². The normalized spacial score (nSPS) is 19.7. The molecule has 0 bridgehead atoms. The van der Waals surface area contributed by atoms with Crippen LogP contribution in [-0.4, -0.2) is 55.8 Å². The molecule has 1 rings (SSSR count). The molecule has 7 nitrogen and oxygen atoms in total. The minimum absolute atomic E-state index is 0. The molecule has 0 aromatic heterocycles. The Morgan fingerprint density at radius 3 is 1.89 bits per heavy atom. The lowest BCUT2D eigenvalue weighted by Crippen LogP contribution is -2.57. The van der Waals surface area contributed by atoms with Crippen LogP contribution in [0.15, 0.2) is 0 Å². The van der Waals surface area contributed by atoms with E-state index in [1.54, 1.807) is 4.90 Å². The maximum absolute atomic E-state index is 12.1. The minimum atomic E-state index is -3.66. The third-order valence-corrected chi connectivity index (χ3v) is 4.19. The van der Waals surface area contributed by atoms with Gasteiger partial charge in [-0.1, -0.05) is 20.8 Å². The van der Waals surface area contributed by atoms with Crippen LogP contribution in [0, 0.1) is 5.41 Å². The van der Waals surface area contributed by atoms with Crippen LogP contribution < -0.4 is 10.9 Å². The summed E-state index contributed by atoms with van der Waals surface area (Å²) in [5, 5.41) is 5.03. The van der Waals surface area contributed by atoms with Crippen molar-refractivity contribution in [2.24, 2.45) is 16.3 Å². The molecule has 1 aliphatic heterocycles. The van der Waals surface area contributed by atoms with Gasteiger partial charge in [0, 0.05) is 26.2 Å². The minimum Gasteiger partial charge on any atom is -0.339 e. The third-order valence-electron chi connectivity index (χ3n) is 3.11. The fourth-order valence-electron chi connectivity index (χ4n) is 1.73. The van der Waals surface area contributed by atoms with Crippen LogP contribution in [0.25, 0.3) is 0 Å². The standard InChI is InChI=1S/C10H22N4O3S.ClH/c1-10(2,3)8(11)9(15)13-4-6-14(7-5-13)18(12,16)17;/h8H,4-7,11H2,1-3H3,(H2,12,16,17);1H/t8-;/m1./s1.